The summed E-state index contributed by atoms with van der Waals surface area (Å²) in [5.41, 5.74) is -0.0485. The van der Waals surface area contributed by atoms with Crippen LogP contribution in [0.3, 0.4) is 0 Å². The van der Waals surface area contributed by atoms with E-state index in [1.165, 1.54) is 39.8 Å². The van der Waals surface area contributed by atoms with Gasteiger partial charge in [0.2, 0.25) is 11.8 Å². The Balaban J connectivity index is 1.50. The third-order valence-corrected chi connectivity index (χ3v) is 6.25. The lowest BCUT2D eigenvalue weighted by molar-refractivity contribution is -0.138. The Morgan fingerprint density at radius 3 is 2.57 bits per heavy atom. The summed E-state index contributed by atoms with van der Waals surface area (Å²) in [4.78, 5) is 39.1. The maximum atomic E-state index is 14.1. The Bertz CT molecular complexity index is 1300. The summed E-state index contributed by atoms with van der Waals surface area (Å²) in [7, 11) is 0. The highest BCUT2D eigenvalue weighted by Crippen LogP contribution is 2.29. The minimum absolute atomic E-state index is 0.0725. The maximum Gasteiger partial charge on any atom is 0.454 e. The number of halogens is 5. The lowest BCUT2D eigenvalue weighted by Gasteiger charge is -2.24. The summed E-state index contributed by atoms with van der Waals surface area (Å²) in [6, 6.07) is 9.62. The molecule has 6 nitrogen and oxygen atoms in total. The largest absolute Gasteiger partial charge is 0.454 e. The van der Waals surface area contributed by atoms with Crippen molar-refractivity contribution in [3.8, 4) is 0 Å². The summed E-state index contributed by atoms with van der Waals surface area (Å²) < 4.78 is 54.5. The van der Waals surface area contributed by atoms with E-state index in [1.54, 1.807) is 12.1 Å². The van der Waals surface area contributed by atoms with Crippen molar-refractivity contribution >= 4 is 40.1 Å². The predicted molar refractivity (Wildman–Crippen MR) is 120 cm³/mol. The van der Waals surface area contributed by atoms with E-state index < -0.39 is 41.2 Å². The van der Waals surface area contributed by atoms with Crippen molar-refractivity contribution in [3.05, 3.63) is 70.6 Å². The molecule has 0 aliphatic carbocycles. The van der Waals surface area contributed by atoms with Gasteiger partial charge in [0, 0.05) is 35.8 Å². The Morgan fingerprint density at radius 2 is 1.83 bits per heavy atom. The van der Waals surface area contributed by atoms with Crippen LogP contribution in [0.5, 0.6) is 0 Å². The van der Waals surface area contributed by atoms with E-state index in [4.69, 9.17) is 11.6 Å². The number of ketones is 1. The van der Waals surface area contributed by atoms with Gasteiger partial charge in [-0.3, -0.25) is 14.4 Å². The Morgan fingerprint density at radius 1 is 1.09 bits per heavy atom. The fourth-order valence-corrected chi connectivity index (χ4v) is 4.46. The molecule has 2 amide bonds. The molecule has 35 heavy (non-hydrogen) atoms. The molecule has 0 saturated carbocycles. The molecule has 184 valence electrons. The summed E-state index contributed by atoms with van der Waals surface area (Å²) in [6.45, 7) is -0.177. The minimum atomic E-state index is -5.06. The van der Waals surface area contributed by atoms with Gasteiger partial charge in [0.15, 0.2) is 0 Å². The van der Waals surface area contributed by atoms with Crippen LogP contribution in [0.4, 0.5) is 17.6 Å². The first-order valence-electron chi connectivity index (χ1n) is 10.8. The van der Waals surface area contributed by atoms with E-state index in [-0.39, 0.29) is 35.6 Å². The lowest BCUT2D eigenvalue weighted by atomic mass is 10.1. The van der Waals surface area contributed by atoms with Crippen molar-refractivity contribution in [1.29, 1.82) is 0 Å². The number of hydrogen-bond acceptors (Lipinski definition) is 3. The summed E-state index contributed by atoms with van der Waals surface area (Å²) >= 11 is 5.76. The van der Waals surface area contributed by atoms with Crippen LogP contribution in [0.15, 0.2) is 48.7 Å². The smallest absolute Gasteiger partial charge is 0.350 e. The van der Waals surface area contributed by atoms with E-state index in [9.17, 15) is 31.9 Å². The molecule has 11 heteroatoms. The quantitative estimate of drug-likeness (QED) is 0.393. The third kappa shape index (κ3) is 5.02. The van der Waals surface area contributed by atoms with Crippen LogP contribution >= 0.6 is 11.6 Å². The van der Waals surface area contributed by atoms with Gasteiger partial charge in [0.25, 0.3) is 5.78 Å². The number of fused-ring (bicyclic) bond motifs is 1. The van der Waals surface area contributed by atoms with Gasteiger partial charge in [-0.05, 0) is 25.0 Å². The van der Waals surface area contributed by atoms with Gasteiger partial charge in [0.1, 0.15) is 18.4 Å². The summed E-state index contributed by atoms with van der Waals surface area (Å²) in [5.74, 6) is -3.59. The molecule has 1 saturated heterocycles. The Kier molecular flexibility index (Phi) is 6.84. The van der Waals surface area contributed by atoms with Crippen molar-refractivity contribution in [2.75, 3.05) is 6.54 Å². The minimum Gasteiger partial charge on any atom is -0.350 e. The van der Waals surface area contributed by atoms with Crippen LogP contribution in [0.2, 0.25) is 5.02 Å². The highest BCUT2D eigenvalue weighted by Gasteiger charge is 2.41. The lowest BCUT2D eigenvalue weighted by Crippen LogP contribution is -2.46. The van der Waals surface area contributed by atoms with Crippen LogP contribution in [-0.4, -0.2) is 45.8 Å². The fraction of sp³-hybridized carbons (Fsp3) is 0.292. The van der Waals surface area contributed by atoms with Crippen molar-refractivity contribution in [1.82, 2.24) is 14.8 Å². The number of nitrogens with zero attached hydrogens (tertiary/aromatic N) is 2. The number of rotatable bonds is 6. The number of alkyl halides is 3. The second-order valence-electron chi connectivity index (χ2n) is 8.19. The topological polar surface area (TPSA) is 71.4 Å². The molecule has 4 rings (SSSR count). The highest BCUT2D eigenvalue weighted by molar-refractivity contribution is 6.30. The van der Waals surface area contributed by atoms with E-state index in [1.807, 2.05) is 0 Å². The normalized spacial score (nSPS) is 16.0. The first-order chi connectivity index (χ1) is 16.6. The van der Waals surface area contributed by atoms with Crippen molar-refractivity contribution in [2.24, 2.45) is 0 Å². The van der Waals surface area contributed by atoms with Crippen molar-refractivity contribution in [3.63, 3.8) is 0 Å². The number of carbonyl (C=O) groups excluding carboxylic acids is 3. The SMILES string of the molecule is O=C(NCc1cccc(Cl)c1F)C1CCCN1C(=O)Cn1cc(C(=O)C(F)(F)F)c2ccccc21. The molecule has 1 N–H and O–H groups in total. The molecule has 0 spiro atoms. The fourth-order valence-electron chi connectivity index (χ4n) is 4.27. The Labute approximate surface area is 202 Å². The van der Waals surface area contributed by atoms with E-state index in [0.717, 1.165) is 6.20 Å². The molecular formula is C24H20ClF4N3O3. The van der Waals surface area contributed by atoms with Crippen LogP contribution in [0.1, 0.15) is 28.8 Å². The number of nitrogens with one attached hydrogen (secondary N) is 1. The van der Waals surface area contributed by atoms with Gasteiger partial charge < -0.3 is 14.8 Å². The number of aromatic nitrogens is 1. The van der Waals surface area contributed by atoms with Gasteiger partial charge in [-0.15, -0.1) is 0 Å². The molecular weight excluding hydrogens is 490 g/mol. The molecule has 0 radical (unpaired) electrons. The molecule has 1 unspecified atom stereocenters. The van der Waals surface area contributed by atoms with Crippen molar-refractivity contribution < 1.29 is 31.9 Å². The van der Waals surface area contributed by atoms with E-state index in [2.05, 4.69) is 5.32 Å². The number of benzene rings is 2. The monoisotopic (exact) mass is 509 g/mol. The van der Waals surface area contributed by atoms with Gasteiger partial charge in [-0.25, -0.2) is 4.39 Å². The second kappa shape index (κ2) is 9.69. The molecule has 2 aromatic carbocycles. The molecule has 1 aromatic heterocycles. The van der Waals surface area contributed by atoms with Crippen LogP contribution in [-0.2, 0) is 22.7 Å². The average Bonchev–Trinajstić information content (AvgIpc) is 3.44. The zero-order chi connectivity index (χ0) is 25.3. The van der Waals surface area contributed by atoms with Crippen LogP contribution in [0, 0.1) is 5.82 Å². The number of likely N-dealkylation sites (tertiary alicyclic amines) is 1. The average molecular weight is 510 g/mol. The maximum absolute atomic E-state index is 14.1. The zero-order valence-corrected chi connectivity index (χ0v) is 19.0. The number of amides is 2. The molecule has 1 aliphatic heterocycles. The standard InChI is InChI=1S/C24H20ClF4N3O3/c25-17-7-3-5-14(21(17)26)11-30-23(35)19-9-4-10-32(19)20(33)13-31-12-16(22(34)24(27,28)29)15-6-1-2-8-18(15)31/h1-3,5-8,12,19H,4,9-11,13H2,(H,30,35). The van der Waals surface area contributed by atoms with Crippen LogP contribution < -0.4 is 5.32 Å². The van der Waals surface area contributed by atoms with E-state index in [0.29, 0.717) is 18.4 Å². The molecule has 2 heterocycles. The van der Waals surface area contributed by atoms with Gasteiger partial charge in [-0.2, -0.15) is 13.2 Å². The molecule has 0 bridgehead atoms. The van der Waals surface area contributed by atoms with E-state index >= 15 is 0 Å². The van der Waals surface area contributed by atoms with Crippen molar-refractivity contribution in [2.45, 2.75) is 38.1 Å². The van der Waals surface area contributed by atoms with Gasteiger partial charge in [0.05, 0.1) is 10.6 Å². The second-order valence-corrected chi connectivity index (χ2v) is 8.60. The molecule has 3 aromatic rings. The zero-order valence-electron chi connectivity index (χ0n) is 18.2. The number of carbonyl (C=O) groups is 3. The first-order valence-corrected chi connectivity index (χ1v) is 11.1. The Hall–Kier alpha value is -3.40. The number of hydrogen-bond donors (Lipinski definition) is 1. The molecule has 1 atom stereocenters. The third-order valence-electron chi connectivity index (χ3n) is 5.96. The predicted octanol–water partition coefficient (Wildman–Crippen LogP) is 4.49. The highest BCUT2D eigenvalue weighted by atomic mass is 35.5. The number of Topliss-reactive ketones (excluding diaryl/α,β-unsaturated/α-hetero) is 1. The number of para-hydroxylation sites is 1. The van der Waals surface area contributed by atoms with Gasteiger partial charge in [-0.1, -0.05) is 41.9 Å². The summed E-state index contributed by atoms with van der Waals surface area (Å²) in [5, 5.41) is 2.63. The molecule has 1 fully saturated rings. The summed E-state index contributed by atoms with van der Waals surface area (Å²) in [6.07, 6.45) is -3.09. The molecule has 1 aliphatic rings. The first kappa shape index (κ1) is 24.7. The van der Waals surface area contributed by atoms with Gasteiger partial charge >= 0.3 is 6.18 Å². The van der Waals surface area contributed by atoms with Crippen LogP contribution in [0.25, 0.3) is 10.9 Å².